The smallest absolute Gasteiger partial charge is 0.156 e. The van der Waals surface area contributed by atoms with Gasteiger partial charge in [0.25, 0.3) is 12.5 Å². The highest BCUT2D eigenvalue weighted by atomic mass is 32.7. The molecule has 0 aliphatic heterocycles. The van der Waals surface area contributed by atoms with E-state index in [9.17, 15) is 0 Å². The molecule has 1 nitrogen and oxygen atoms in total. The first kappa shape index (κ1) is 12.3. The van der Waals surface area contributed by atoms with E-state index < -0.39 is 12.5 Å². The standard InChI is InChI=1S/C6H18NP2S2/c1-8(2,10-5)7-9(3,4)11-6/h1-6H3/q+1. The molecule has 68 valence electrons. The Hall–Kier alpha value is 1.27. The molecule has 0 saturated carbocycles. The first-order valence-corrected chi connectivity index (χ1v) is 12.3. The Kier molecular flexibility index (Phi) is 5.01. The molecule has 0 aromatic carbocycles. The Balaban J connectivity index is 5.19. The van der Waals surface area contributed by atoms with Gasteiger partial charge < -0.3 is 0 Å². The summed E-state index contributed by atoms with van der Waals surface area (Å²) in [5.74, 6) is 0. The molecule has 0 aromatic rings. The van der Waals surface area contributed by atoms with Crippen molar-refractivity contribution in [1.29, 1.82) is 0 Å². The molecule has 0 heterocycles. The van der Waals surface area contributed by atoms with E-state index in [1.165, 1.54) is 0 Å². The van der Waals surface area contributed by atoms with Crippen molar-refractivity contribution in [2.75, 3.05) is 39.2 Å². The van der Waals surface area contributed by atoms with Crippen LogP contribution in [-0.2, 0) is 0 Å². The Morgan fingerprint density at radius 2 is 1.09 bits per heavy atom. The Bertz CT molecular complexity index is 209. The van der Waals surface area contributed by atoms with E-state index in [0.29, 0.717) is 0 Å². The molecule has 0 aliphatic rings. The maximum atomic E-state index is 4.93. The molecule has 0 atom stereocenters. The van der Waals surface area contributed by atoms with Crippen LogP contribution in [0.1, 0.15) is 0 Å². The summed E-state index contributed by atoms with van der Waals surface area (Å²) in [6.07, 6.45) is 2.35. The molecule has 0 aliphatic carbocycles. The summed E-state index contributed by atoms with van der Waals surface area (Å²) in [5.41, 5.74) is 0. The van der Waals surface area contributed by atoms with Gasteiger partial charge in [-0.3, -0.25) is 0 Å². The molecule has 0 unspecified atom stereocenters. The highest BCUT2D eigenvalue weighted by Crippen LogP contribution is 2.57. The molecular formula is C6H18NP2S2+. The third-order valence-corrected chi connectivity index (χ3v) is 13.2. The lowest BCUT2D eigenvalue weighted by molar-refractivity contribution is 1.79. The lowest BCUT2D eigenvalue weighted by atomic mass is 11.9. The van der Waals surface area contributed by atoms with Gasteiger partial charge in [-0.25, -0.2) is 0 Å². The molecule has 0 rings (SSSR count). The van der Waals surface area contributed by atoms with E-state index in [0.717, 1.165) is 0 Å². The Morgan fingerprint density at radius 3 is 1.27 bits per heavy atom. The molecule has 0 fully saturated rings. The summed E-state index contributed by atoms with van der Waals surface area (Å²) in [6.45, 7) is 9.15. The van der Waals surface area contributed by atoms with Crippen LogP contribution in [0.15, 0.2) is 0 Å². The Labute approximate surface area is 78.7 Å². The molecule has 0 N–H and O–H groups in total. The monoisotopic (exact) mass is 230 g/mol. The van der Waals surface area contributed by atoms with Crippen LogP contribution in [0.5, 0.6) is 0 Å². The second-order valence-corrected chi connectivity index (χ2v) is 17.2. The minimum atomic E-state index is -0.991. The zero-order valence-electron chi connectivity index (χ0n) is 8.16. The third kappa shape index (κ3) is 5.50. The van der Waals surface area contributed by atoms with Gasteiger partial charge in [-0.2, -0.15) is 4.17 Å². The van der Waals surface area contributed by atoms with E-state index in [2.05, 4.69) is 39.2 Å². The molecule has 0 saturated heterocycles. The zero-order valence-corrected chi connectivity index (χ0v) is 11.6. The normalized spacial score (nSPS) is 12.9. The number of hydrogen-bond donors (Lipinski definition) is 0. The van der Waals surface area contributed by atoms with E-state index in [1.54, 1.807) is 0 Å². The van der Waals surface area contributed by atoms with Crippen molar-refractivity contribution in [3.8, 4) is 0 Å². The van der Waals surface area contributed by atoms with Crippen molar-refractivity contribution in [2.24, 2.45) is 0 Å². The van der Waals surface area contributed by atoms with Crippen molar-refractivity contribution in [2.45, 2.75) is 0 Å². The molecule has 0 aromatic heterocycles. The highest BCUT2D eigenvalue weighted by Gasteiger charge is 2.19. The fourth-order valence-electron chi connectivity index (χ4n) is 0.592. The van der Waals surface area contributed by atoms with Crippen LogP contribution >= 0.6 is 35.3 Å². The molecular weight excluding hydrogens is 212 g/mol. The van der Waals surface area contributed by atoms with Gasteiger partial charge in [-0.05, 0) is 12.5 Å². The fraction of sp³-hybridized carbons (Fsp3) is 1.00. The molecule has 0 bridgehead atoms. The summed E-state index contributed by atoms with van der Waals surface area (Å²) >= 11 is 3.86. The van der Waals surface area contributed by atoms with Crippen LogP contribution in [0.2, 0.25) is 0 Å². The van der Waals surface area contributed by atoms with Gasteiger partial charge in [-0.1, -0.05) is 22.8 Å². The summed E-state index contributed by atoms with van der Waals surface area (Å²) in [7, 11) is 0. The van der Waals surface area contributed by atoms with Gasteiger partial charge in [-0.15, -0.1) is 0 Å². The molecule has 0 amide bonds. The first-order valence-electron chi connectivity index (χ1n) is 3.37. The quantitative estimate of drug-likeness (QED) is 0.532. The molecule has 11 heavy (non-hydrogen) atoms. The lowest BCUT2D eigenvalue weighted by Gasteiger charge is -1.98. The summed E-state index contributed by atoms with van der Waals surface area (Å²) in [6, 6.07) is 0. The van der Waals surface area contributed by atoms with Crippen molar-refractivity contribution in [1.82, 2.24) is 4.17 Å². The number of rotatable bonds is 2. The van der Waals surface area contributed by atoms with Gasteiger partial charge in [0.15, 0.2) is 0 Å². The van der Waals surface area contributed by atoms with Crippen molar-refractivity contribution in [3.05, 3.63) is 0 Å². The van der Waals surface area contributed by atoms with E-state index in [1.807, 2.05) is 22.8 Å². The minimum Gasteiger partial charge on any atom is -0.156 e. The van der Waals surface area contributed by atoms with Gasteiger partial charge in [0, 0.05) is 26.7 Å². The second kappa shape index (κ2) is 4.49. The van der Waals surface area contributed by atoms with Crippen molar-refractivity contribution in [3.63, 3.8) is 0 Å². The lowest BCUT2D eigenvalue weighted by Crippen LogP contribution is -1.76. The van der Waals surface area contributed by atoms with Crippen LogP contribution < -0.4 is 4.17 Å². The highest BCUT2D eigenvalue weighted by molar-refractivity contribution is 8.61. The average molecular weight is 230 g/mol. The maximum Gasteiger partial charge on any atom is 0.263 e. The first-order chi connectivity index (χ1) is 4.83. The fourth-order valence-corrected chi connectivity index (χ4v) is 10.3. The number of nitrogens with zero attached hydrogens (tertiary/aromatic N) is 1. The second-order valence-electron chi connectivity index (χ2n) is 3.04. The third-order valence-electron chi connectivity index (χ3n) is 1.32. The van der Waals surface area contributed by atoms with Crippen molar-refractivity contribution < 1.29 is 0 Å². The largest absolute Gasteiger partial charge is 0.263 e. The zero-order chi connectivity index (χ0) is 9.12. The predicted octanol–water partition coefficient (Wildman–Crippen LogP) is 3.53. The topological polar surface area (TPSA) is 14.1 Å². The van der Waals surface area contributed by atoms with Crippen LogP contribution in [0.3, 0.4) is 0 Å². The molecule has 0 radical (unpaired) electrons. The molecule has 0 spiro atoms. The summed E-state index contributed by atoms with van der Waals surface area (Å²) < 4.78 is 4.93. The maximum absolute atomic E-state index is 4.93. The van der Waals surface area contributed by atoms with E-state index in [4.69, 9.17) is 4.17 Å². The summed E-state index contributed by atoms with van der Waals surface area (Å²) in [4.78, 5) is 0. The average Bonchev–Trinajstić information content (AvgIpc) is 1.86. The van der Waals surface area contributed by atoms with Crippen LogP contribution in [0, 0.1) is 0 Å². The molecule has 5 heteroatoms. The predicted molar refractivity (Wildman–Crippen MR) is 66.7 cm³/mol. The minimum absolute atomic E-state index is 0.991. The van der Waals surface area contributed by atoms with Crippen LogP contribution in [0.4, 0.5) is 0 Å². The van der Waals surface area contributed by atoms with Gasteiger partial charge >= 0.3 is 0 Å². The van der Waals surface area contributed by atoms with E-state index in [-0.39, 0.29) is 0 Å². The van der Waals surface area contributed by atoms with Crippen molar-refractivity contribution >= 4 is 35.3 Å². The van der Waals surface area contributed by atoms with Gasteiger partial charge in [0.05, 0.1) is 0 Å². The SMILES string of the molecule is CSP(C)(C)=[N+]=P(C)(C)SC. The Morgan fingerprint density at radius 1 is 0.818 bits per heavy atom. The number of hydrogen-bond acceptors (Lipinski definition) is 2. The van der Waals surface area contributed by atoms with Crippen LogP contribution in [-0.4, -0.2) is 39.2 Å². The van der Waals surface area contributed by atoms with Gasteiger partial charge in [0.2, 0.25) is 0 Å². The van der Waals surface area contributed by atoms with E-state index >= 15 is 0 Å². The van der Waals surface area contributed by atoms with Crippen LogP contribution in [0.25, 0.3) is 0 Å². The van der Waals surface area contributed by atoms with Gasteiger partial charge in [0.1, 0.15) is 0 Å². The summed E-state index contributed by atoms with van der Waals surface area (Å²) in [5, 5.41) is 0.